The minimum atomic E-state index is -0.633. The maximum Gasteiger partial charge on any atom is 0.360 e. The summed E-state index contributed by atoms with van der Waals surface area (Å²) in [6.07, 6.45) is 1.23. The predicted molar refractivity (Wildman–Crippen MR) is 72.3 cm³/mol. The normalized spacial score (nSPS) is 10.7. The molecule has 106 valence electrons. The SMILES string of the molecule is CCOC(=O)c1ncn2c(=O)n(-c3ccccc3)nnc12. The predicted octanol–water partition coefficient (Wildman–Crippen LogP) is 0.452. The summed E-state index contributed by atoms with van der Waals surface area (Å²) in [7, 11) is 0. The summed E-state index contributed by atoms with van der Waals surface area (Å²) in [6.45, 7) is 1.90. The second-order valence-corrected chi connectivity index (χ2v) is 4.13. The van der Waals surface area contributed by atoms with E-state index in [1.165, 1.54) is 6.33 Å². The Balaban J connectivity index is 2.16. The average Bonchev–Trinajstić information content (AvgIpc) is 2.94. The molecule has 1 aromatic carbocycles. The molecule has 0 radical (unpaired) electrons. The van der Waals surface area contributed by atoms with Gasteiger partial charge in [0.2, 0.25) is 0 Å². The maximum absolute atomic E-state index is 12.4. The van der Waals surface area contributed by atoms with Crippen LogP contribution < -0.4 is 5.69 Å². The molecule has 0 saturated heterocycles. The van der Waals surface area contributed by atoms with Crippen molar-refractivity contribution < 1.29 is 9.53 Å². The highest BCUT2D eigenvalue weighted by Crippen LogP contribution is 2.06. The van der Waals surface area contributed by atoms with E-state index in [0.717, 1.165) is 9.08 Å². The highest BCUT2D eigenvalue weighted by atomic mass is 16.5. The number of carbonyl (C=O) groups is 1. The number of para-hydroxylation sites is 1. The number of rotatable bonds is 3. The van der Waals surface area contributed by atoms with Crippen molar-refractivity contribution in [3.8, 4) is 5.69 Å². The molecule has 0 aliphatic rings. The molecule has 21 heavy (non-hydrogen) atoms. The number of aromatic nitrogens is 5. The Kier molecular flexibility index (Phi) is 3.19. The van der Waals surface area contributed by atoms with Gasteiger partial charge in [0.1, 0.15) is 6.33 Å². The number of benzene rings is 1. The van der Waals surface area contributed by atoms with Crippen LogP contribution >= 0.6 is 0 Å². The van der Waals surface area contributed by atoms with Gasteiger partial charge in [-0.2, -0.15) is 4.68 Å². The standard InChI is InChI=1S/C13H11N5O3/c1-2-21-12(19)10-11-15-16-18(9-6-4-3-5-7-9)13(20)17(11)8-14-10/h3-8H,2H2,1H3. The maximum atomic E-state index is 12.4. The molecule has 8 nitrogen and oxygen atoms in total. The zero-order chi connectivity index (χ0) is 14.8. The first-order valence-electron chi connectivity index (χ1n) is 6.28. The highest BCUT2D eigenvalue weighted by molar-refractivity contribution is 5.93. The molecule has 2 heterocycles. The van der Waals surface area contributed by atoms with Crippen molar-refractivity contribution >= 4 is 11.6 Å². The van der Waals surface area contributed by atoms with E-state index in [-0.39, 0.29) is 17.9 Å². The lowest BCUT2D eigenvalue weighted by Crippen LogP contribution is -2.28. The Morgan fingerprint density at radius 3 is 2.76 bits per heavy atom. The minimum Gasteiger partial charge on any atom is -0.461 e. The Morgan fingerprint density at radius 2 is 2.05 bits per heavy atom. The van der Waals surface area contributed by atoms with E-state index in [4.69, 9.17) is 4.74 Å². The topological polar surface area (TPSA) is 91.4 Å². The van der Waals surface area contributed by atoms with Gasteiger partial charge in [0.25, 0.3) is 0 Å². The van der Waals surface area contributed by atoms with E-state index in [0.29, 0.717) is 5.69 Å². The first-order valence-corrected chi connectivity index (χ1v) is 6.28. The second-order valence-electron chi connectivity index (χ2n) is 4.13. The van der Waals surface area contributed by atoms with Gasteiger partial charge >= 0.3 is 11.7 Å². The highest BCUT2D eigenvalue weighted by Gasteiger charge is 2.18. The molecule has 0 bridgehead atoms. The van der Waals surface area contributed by atoms with Crippen LogP contribution in [-0.2, 0) is 4.74 Å². The fourth-order valence-corrected chi connectivity index (χ4v) is 1.88. The van der Waals surface area contributed by atoms with Gasteiger partial charge in [-0.15, -0.1) is 5.10 Å². The molecular formula is C13H11N5O3. The van der Waals surface area contributed by atoms with Crippen molar-refractivity contribution in [2.45, 2.75) is 6.92 Å². The average molecular weight is 285 g/mol. The van der Waals surface area contributed by atoms with E-state index in [2.05, 4.69) is 15.3 Å². The number of carbonyl (C=O) groups excluding carboxylic acids is 1. The van der Waals surface area contributed by atoms with Crippen molar-refractivity contribution in [1.82, 2.24) is 24.4 Å². The molecule has 0 aliphatic heterocycles. The summed E-state index contributed by atoms with van der Waals surface area (Å²) in [5, 5.41) is 7.73. The van der Waals surface area contributed by atoms with E-state index in [1.54, 1.807) is 31.2 Å². The van der Waals surface area contributed by atoms with Gasteiger partial charge < -0.3 is 4.74 Å². The Morgan fingerprint density at radius 1 is 1.29 bits per heavy atom. The van der Waals surface area contributed by atoms with Crippen LogP contribution in [0.3, 0.4) is 0 Å². The Hall–Kier alpha value is -3.03. The van der Waals surface area contributed by atoms with Crippen LogP contribution in [0.25, 0.3) is 11.3 Å². The van der Waals surface area contributed by atoms with Crippen molar-refractivity contribution in [2.75, 3.05) is 6.61 Å². The summed E-state index contributed by atoms with van der Waals surface area (Å²) in [4.78, 5) is 27.9. The molecule has 0 amide bonds. The van der Waals surface area contributed by atoms with E-state index < -0.39 is 11.7 Å². The van der Waals surface area contributed by atoms with Gasteiger partial charge in [-0.25, -0.2) is 19.0 Å². The monoisotopic (exact) mass is 285 g/mol. The molecule has 0 spiro atoms. The molecule has 0 unspecified atom stereocenters. The van der Waals surface area contributed by atoms with E-state index in [1.807, 2.05) is 6.07 Å². The van der Waals surface area contributed by atoms with Crippen molar-refractivity contribution in [3.05, 3.63) is 52.8 Å². The minimum absolute atomic E-state index is 0.0262. The van der Waals surface area contributed by atoms with Gasteiger partial charge in [-0.1, -0.05) is 23.4 Å². The van der Waals surface area contributed by atoms with Crippen LogP contribution in [0.4, 0.5) is 0 Å². The summed E-state index contributed by atoms with van der Waals surface area (Å²) < 4.78 is 7.15. The third-order valence-corrected chi connectivity index (χ3v) is 2.83. The number of imidazole rings is 1. The van der Waals surface area contributed by atoms with E-state index in [9.17, 15) is 9.59 Å². The quantitative estimate of drug-likeness (QED) is 0.649. The fraction of sp³-hybridized carbons (Fsp3) is 0.154. The van der Waals surface area contributed by atoms with Gasteiger partial charge in [0, 0.05) is 0 Å². The molecule has 2 aromatic heterocycles. The van der Waals surface area contributed by atoms with Crippen LogP contribution in [0.5, 0.6) is 0 Å². The summed E-state index contributed by atoms with van der Waals surface area (Å²) in [5.74, 6) is -0.633. The van der Waals surface area contributed by atoms with Gasteiger partial charge in [0.05, 0.1) is 12.3 Å². The van der Waals surface area contributed by atoms with Crippen LogP contribution in [-0.4, -0.2) is 37.0 Å². The molecule has 0 saturated carbocycles. The Labute approximate surface area is 118 Å². The van der Waals surface area contributed by atoms with Crippen molar-refractivity contribution in [2.24, 2.45) is 0 Å². The first-order chi connectivity index (χ1) is 10.2. The smallest absolute Gasteiger partial charge is 0.360 e. The van der Waals surface area contributed by atoms with Crippen LogP contribution in [0.15, 0.2) is 41.5 Å². The molecule has 3 aromatic rings. The lowest BCUT2D eigenvalue weighted by molar-refractivity contribution is 0.0522. The van der Waals surface area contributed by atoms with Crippen LogP contribution in [0, 0.1) is 0 Å². The third-order valence-electron chi connectivity index (χ3n) is 2.83. The number of nitrogens with zero attached hydrogens (tertiary/aromatic N) is 5. The second kappa shape index (κ2) is 5.16. The van der Waals surface area contributed by atoms with Gasteiger partial charge in [0.15, 0.2) is 11.3 Å². The zero-order valence-electron chi connectivity index (χ0n) is 11.1. The number of hydrogen-bond acceptors (Lipinski definition) is 6. The molecule has 0 atom stereocenters. The van der Waals surface area contributed by atoms with Crippen LogP contribution in [0.1, 0.15) is 17.4 Å². The summed E-state index contributed by atoms with van der Waals surface area (Å²) in [5.41, 5.74) is 0.157. The molecule has 3 rings (SSSR count). The van der Waals surface area contributed by atoms with Gasteiger partial charge in [-0.05, 0) is 19.1 Å². The molecular weight excluding hydrogens is 274 g/mol. The van der Waals surface area contributed by atoms with Crippen molar-refractivity contribution in [1.29, 1.82) is 0 Å². The summed E-state index contributed by atoms with van der Waals surface area (Å²) >= 11 is 0. The lowest BCUT2D eigenvalue weighted by atomic mass is 10.3. The fourth-order valence-electron chi connectivity index (χ4n) is 1.88. The third kappa shape index (κ3) is 2.16. The van der Waals surface area contributed by atoms with Crippen molar-refractivity contribution in [3.63, 3.8) is 0 Å². The largest absolute Gasteiger partial charge is 0.461 e. The van der Waals surface area contributed by atoms with Gasteiger partial charge in [-0.3, -0.25) is 0 Å². The molecule has 0 fully saturated rings. The summed E-state index contributed by atoms with van der Waals surface area (Å²) in [6, 6.07) is 8.85. The lowest BCUT2D eigenvalue weighted by Gasteiger charge is -2.03. The number of ether oxygens (including phenoxy) is 1. The molecule has 0 aliphatic carbocycles. The number of fused-ring (bicyclic) bond motifs is 1. The Bertz CT molecular complexity index is 853. The number of esters is 1. The first kappa shape index (κ1) is 13.0. The zero-order valence-corrected chi connectivity index (χ0v) is 11.1. The van der Waals surface area contributed by atoms with Crippen LogP contribution in [0.2, 0.25) is 0 Å². The van der Waals surface area contributed by atoms with E-state index >= 15 is 0 Å². The molecule has 0 N–H and O–H groups in total. The number of hydrogen-bond donors (Lipinski definition) is 0. The molecule has 8 heteroatoms.